The number of nitrogens with zero attached hydrogens (tertiary/aromatic N) is 3. The minimum absolute atomic E-state index is 0.228. The fourth-order valence-electron chi connectivity index (χ4n) is 1.69. The quantitative estimate of drug-likeness (QED) is 0.820. The SMILES string of the molecule is COC(=O)CCCc1csc(NC(=O)c2cn(C)cn2)n1. The molecule has 0 aliphatic carbocycles. The van der Waals surface area contributed by atoms with E-state index in [-0.39, 0.29) is 11.9 Å². The van der Waals surface area contributed by atoms with Gasteiger partial charge in [0.2, 0.25) is 0 Å². The molecule has 7 nitrogen and oxygen atoms in total. The zero-order valence-corrected chi connectivity index (χ0v) is 12.6. The van der Waals surface area contributed by atoms with Crippen molar-refractivity contribution >= 4 is 28.3 Å². The molecule has 2 aromatic heterocycles. The Morgan fingerprint density at radius 3 is 2.95 bits per heavy atom. The Bertz CT molecular complexity index is 635. The smallest absolute Gasteiger partial charge is 0.305 e. The fourth-order valence-corrected chi connectivity index (χ4v) is 2.43. The van der Waals surface area contributed by atoms with Crippen molar-refractivity contribution in [1.29, 1.82) is 0 Å². The van der Waals surface area contributed by atoms with Gasteiger partial charge in [0, 0.05) is 25.0 Å². The first kappa shape index (κ1) is 15.2. The van der Waals surface area contributed by atoms with Gasteiger partial charge >= 0.3 is 5.97 Å². The van der Waals surface area contributed by atoms with E-state index < -0.39 is 0 Å². The summed E-state index contributed by atoms with van der Waals surface area (Å²) in [6.07, 6.45) is 4.91. The Kier molecular flexibility index (Phi) is 5.04. The van der Waals surface area contributed by atoms with Gasteiger partial charge < -0.3 is 9.30 Å². The van der Waals surface area contributed by atoms with Crippen LogP contribution in [0.25, 0.3) is 0 Å². The molecule has 2 rings (SSSR count). The van der Waals surface area contributed by atoms with Crippen LogP contribution in [-0.4, -0.2) is 33.5 Å². The summed E-state index contributed by atoms with van der Waals surface area (Å²) >= 11 is 1.35. The predicted octanol–water partition coefficient (Wildman–Crippen LogP) is 1.62. The monoisotopic (exact) mass is 308 g/mol. The molecule has 21 heavy (non-hydrogen) atoms. The van der Waals surface area contributed by atoms with E-state index in [0.717, 1.165) is 5.69 Å². The highest BCUT2D eigenvalue weighted by Crippen LogP contribution is 2.17. The lowest BCUT2D eigenvalue weighted by atomic mass is 10.2. The van der Waals surface area contributed by atoms with Crippen molar-refractivity contribution < 1.29 is 14.3 Å². The molecule has 112 valence electrons. The number of hydrogen-bond acceptors (Lipinski definition) is 6. The number of hydrogen-bond donors (Lipinski definition) is 1. The summed E-state index contributed by atoms with van der Waals surface area (Å²) in [5.41, 5.74) is 1.19. The maximum atomic E-state index is 11.9. The van der Waals surface area contributed by atoms with E-state index in [4.69, 9.17) is 0 Å². The molecule has 0 fully saturated rings. The zero-order valence-electron chi connectivity index (χ0n) is 11.8. The van der Waals surface area contributed by atoms with Gasteiger partial charge in [-0.3, -0.25) is 14.9 Å². The number of ether oxygens (including phenoxy) is 1. The average molecular weight is 308 g/mol. The maximum absolute atomic E-state index is 11.9. The topological polar surface area (TPSA) is 86.1 Å². The molecule has 0 atom stereocenters. The molecule has 0 saturated heterocycles. The number of amides is 1. The Hall–Kier alpha value is -2.22. The molecule has 0 aromatic carbocycles. The molecule has 0 aliphatic rings. The normalized spacial score (nSPS) is 10.4. The Morgan fingerprint density at radius 2 is 2.29 bits per heavy atom. The van der Waals surface area contributed by atoms with E-state index in [0.29, 0.717) is 30.1 Å². The molecule has 1 amide bonds. The summed E-state index contributed by atoms with van der Waals surface area (Å²) in [5.74, 6) is -0.514. The van der Waals surface area contributed by atoms with Gasteiger partial charge in [0.05, 0.1) is 19.1 Å². The van der Waals surface area contributed by atoms with Crippen LogP contribution in [0.15, 0.2) is 17.9 Å². The van der Waals surface area contributed by atoms with Crippen molar-refractivity contribution in [3.8, 4) is 0 Å². The van der Waals surface area contributed by atoms with Gasteiger partial charge in [-0.05, 0) is 12.8 Å². The number of carbonyl (C=O) groups is 2. The number of anilines is 1. The van der Waals surface area contributed by atoms with Crippen molar-refractivity contribution in [2.45, 2.75) is 19.3 Å². The van der Waals surface area contributed by atoms with Gasteiger partial charge in [0.1, 0.15) is 5.69 Å². The second-order valence-electron chi connectivity index (χ2n) is 4.45. The highest BCUT2D eigenvalue weighted by atomic mass is 32.1. The van der Waals surface area contributed by atoms with Gasteiger partial charge in [0.25, 0.3) is 5.91 Å². The number of carbonyl (C=O) groups excluding carboxylic acids is 2. The molecule has 2 aromatic rings. The molecule has 8 heteroatoms. The van der Waals surface area contributed by atoms with Crippen molar-refractivity contribution in [3.63, 3.8) is 0 Å². The first-order chi connectivity index (χ1) is 10.1. The third-order valence-corrected chi connectivity index (χ3v) is 3.56. The van der Waals surface area contributed by atoms with Crippen LogP contribution in [0.4, 0.5) is 5.13 Å². The Labute approximate surface area is 126 Å². The summed E-state index contributed by atoms with van der Waals surface area (Å²) in [4.78, 5) is 31.2. The van der Waals surface area contributed by atoms with Crippen molar-refractivity contribution in [2.75, 3.05) is 12.4 Å². The van der Waals surface area contributed by atoms with Crippen LogP contribution in [0.5, 0.6) is 0 Å². The van der Waals surface area contributed by atoms with Crippen LogP contribution < -0.4 is 5.32 Å². The highest BCUT2D eigenvalue weighted by Gasteiger charge is 2.11. The number of thiazole rings is 1. The first-order valence-corrected chi connectivity index (χ1v) is 7.27. The molecule has 0 radical (unpaired) electrons. The van der Waals surface area contributed by atoms with E-state index in [9.17, 15) is 9.59 Å². The van der Waals surface area contributed by atoms with Crippen LogP contribution in [-0.2, 0) is 23.0 Å². The Balaban J connectivity index is 1.85. The summed E-state index contributed by atoms with van der Waals surface area (Å²) in [7, 11) is 3.17. The standard InChI is InChI=1S/C13H16N4O3S/c1-17-6-10(14-8-17)12(19)16-13-15-9(7-21-13)4-3-5-11(18)20-2/h6-8H,3-5H2,1-2H3,(H,15,16,19). The lowest BCUT2D eigenvalue weighted by Gasteiger charge is -1.98. The molecule has 1 N–H and O–H groups in total. The number of aryl methyl sites for hydroxylation is 2. The molecule has 0 saturated carbocycles. The maximum Gasteiger partial charge on any atom is 0.305 e. The summed E-state index contributed by atoms with van der Waals surface area (Å²) in [6.45, 7) is 0. The second kappa shape index (κ2) is 6.98. The lowest BCUT2D eigenvalue weighted by Crippen LogP contribution is -2.12. The number of rotatable bonds is 6. The van der Waals surface area contributed by atoms with E-state index in [1.165, 1.54) is 18.4 Å². The predicted molar refractivity (Wildman–Crippen MR) is 78.2 cm³/mol. The van der Waals surface area contributed by atoms with Gasteiger partial charge in [-0.2, -0.15) is 0 Å². The molecule has 0 unspecified atom stereocenters. The minimum Gasteiger partial charge on any atom is -0.469 e. The van der Waals surface area contributed by atoms with Crippen LogP contribution in [0.2, 0.25) is 0 Å². The van der Waals surface area contributed by atoms with Crippen LogP contribution >= 0.6 is 11.3 Å². The van der Waals surface area contributed by atoms with Gasteiger partial charge in [-0.1, -0.05) is 0 Å². The van der Waals surface area contributed by atoms with Gasteiger partial charge in [-0.25, -0.2) is 9.97 Å². The van der Waals surface area contributed by atoms with Crippen LogP contribution in [0.3, 0.4) is 0 Å². The number of esters is 1. The average Bonchev–Trinajstić information content (AvgIpc) is 3.08. The molecule has 0 spiro atoms. The third kappa shape index (κ3) is 4.38. The molecular formula is C13H16N4O3S. The Morgan fingerprint density at radius 1 is 1.48 bits per heavy atom. The van der Waals surface area contributed by atoms with Gasteiger partial charge in [-0.15, -0.1) is 11.3 Å². The van der Waals surface area contributed by atoms with Crippen molar-refractivity contribution in [3.05, 3.63) is 29.3 Å². The molecule has 0 aliphatic heterocycles. The lowest BCUT2D eigenvalue weighted by molar-refractivity contribution is -0.140. The van der Waals surface area contributed by atoms with E-state index >= 15 is 0 Å². The van der Waals surface area contributed by atoms with E-state index in [1.54, 1.807) is 24.1 Å². The molecular weight excluding hydrogens is 292 g/mol. The summed E-state index contributed by atoms with van der Waals surface area (Å²) in [5, 5.41) is 5.10. The first-order valence-electron chi connectivity index (χ1n) is 6.39. The van der Waals surface area contributed by atoms with Crippen LogP contribution in [0, 0.1) is 0 Å². The number of aromatic nitrogens is 3. The summed E-state index contributed by atoms with van der Waals surface area (Å²) < 4.78 is 6.28. The van der Waals surface area contributed by atoms with Gasteiger partial charge in [0.15, 0.2) is 5.13 Å². The zero-order chi connectivity index (χ0) is 15.2. The van der Waals surface area contributed by atoms with Crippen molar-refractivity contribution in [2.24, 2.45) is 7.05 Å². The number of imidazole rings is 1. The number of nitrogens with one attached hydrogen (secondary N) is 1. The van der Waals surface area contributed by atoms with Crippen LogP contribution in [0.1, 0.15) is 29.0 Å². The highest BCUT2D eigenvalue weighted by molar-refractivity contribution is 7.13. The van der Waals surface area contributed by atoms with E-state index in [2.05, 4.69) is 20.0 Å². The summed E-state index contributed by atoms with van der Waals surface area (Å²) in [6, 6.07) is 0. The van der Waals surface area contributed by atoms with E-state index in [1.807, 2.05) is 5.38 Å². The largest absolute Gasteiger partial charge is 0.469 e. The molecule has 0 bridgehead atoms. The molecule has 2 heterocycles. The number of methoxy groups -OCH3 is 1. The second-order valence-corrected chi connectivity index (χ2v) is 5.31. The third-order valence-electron chi connectivity index (χ3n) is 2.75. The fraction of sp³-hybridized carbons (Fsp3) is 0.385. The minimum atomic E-state index is -0.286. The van der Waals surface area contributed by atoms with Crippen molar-refractivity contribution in [1.82, 2.24) is 14.5 Å².